The van der Waals surface area contributed by atoms with E-state index in [1.807, 2.05) is 19.0 Å². The first-order valence-electron chi connectivity index (χ1n) is 5.87. The molecule has 2 N–H and O–H groups in total. The molecule has 4 atom stereocenters. The molecule has 2 aliphatic rings. The maximum atomic E-state index is 9.71. The van der Waals surface area contributed by atoms with Gasteiger partial charge in [0.1, 0.15) is 0 Å². The summed E-state index contributed by atoms with van der Waals surface area (Å²) in [6.07, 6.45) is 4.15. The Bertz CT molecular complexity index is 211. The Labute approximate surface area is 91.6 Å². The number of hydrogen-bond donors (Lipinski definition) is 2. The van der Waals surface area contributed by atoms with E-state index in [0.717, 1.165) is 6.42 Å². The average molecular weight is 214 g/mol. The SMILES string of the molecule is CN(C)CC(O)CNC1CC2CCC1O2. The van der Waals surface area contributed by atoms with Gasteiger partial charge in [0.15, 0.2) is 0 Å². The minimum absolute atomic E-state index is 0.279. The molecule has 4 unspecified atom stereocenters. The molecule has 0 aliphatic carbocycles. The van der Waals surface area contributed by atoms with Gasteiger partial charge in [-0.05, 0) is 33.4 Å². The quantitative estimate of drug-likeness (QED) is 0.666. The number of nitrogens with one attached hydrogen (secondary N) is 1. The van der Waals surface area contributed by atoms with Crippen LogP contribution >= 0.6 is 0 Å². The van der Waals surface area contributed by atoms with Crippen LogP contribution in [-0.4, -0.2) is 61.5 Å². The molecule has 2 heterocycles. The van der Waals surface area contributed by atoms with Crippen molar-refractivity contribution in [1.82, 2.24) is 10.2 Å². The molecular weight excluding hydrogens is 192 g/mol. The van der Waals surface area contributed by atoms with Gasteiger partial charge >= 0.3 is 0 Å². The molecule has 0 spiro atoms. The first-order valence-corrected chi connectivity index (χ1v) is 5.87. The fourth-order valence-corrected chi connectivity index (χ4v) is 2.63. The highest BCUT2D eigenvalue weighted by Crippen LogP contribution is 2.34. The molecule has 0 amide bonds. The minimum atomic E-state index is -0.279. The van der Waals surface area contributed by atoms with E-state index in [4.69, 9.17) is 4.74 Å². The second kappa shape index (κ2) is 4.78. The number of aliphatic hydroxyl groups excluding tert-OH is 1. The Morgan fingerprint density at radius 1 is 1.47 bits per heavy atom. The van der Waals surface area contributed by atoms with Crippen molar-refractivity contribution in [3.63, 3.8) is 0 Å². The summed E-state index contributed by atoms with van der Waals surface area (Å²) < 4.78 is 5.74. The van der Waals surface area contributed by atoms with Gasteiger partial charge in [0, 0.05) is 19.1 Å². The Kier molecular flexibility index (Phi) is 3.61. The summed E-state index contributed by atoms with van der Waals surface area (Å²) in [5.41, 5.74) is 0. The fourth-order valence-electron chi connectivity index (χ4n) is 2.63. The van der Waals surface area contributed by atoms with E-state index in [9.17, 15) is 5.11 Å². The first-order chi connectivity index (χ1) is 7.15. The van der Waals surface area contributed by atoms with Crippen molar-refractivity contribution in [3.8, 4) is 0 Å². The van der Waals surface area contributed by atoms with Crippen LogP contribution in [0.3, 0.4) is 0 Å². The second-order valence-electron chi connectivity index (χ2n) is 5.04. The number of nitrogens with zero attached hydrogens (tertiary/aromatic N) is 1. The lowest BCUT2D eigenvalue weighted by molar-refractivity contribution is 0.0917. The predicted octanol–water partition coefficient (Wildman–Crippen LogP) is -0.182. The van der Waals surface area contributed by atoms with E-state index in [2.05, 4.69) is 5.32 Å². The van der Waals surface area contributed by atoms with Crippen molar-refractivity contribution in [2.75, 3.05) is 27.2 Å². The zero-order chi connectivity index (χ0) is 10.8. The predicted molar refractivity (Wildman–Crippen MR) is 58.9 cm³/mol. The van der Waals surface area contributed by atoms with E-state index in [0.29, 0.717) is 31.3 Å². The number of aliphatic hydroxyl groups is 1. The van der Waals surface area contributed by atoms with Crippen molar-refractivity contribution >= 4 is 0 Å². The lowest BCUT2D eigenvalue weighted by Crippen LogP contribution is -2.43. The maximum Gasteiger partial charge on any atom is 0.0791 e. The Balaban J connectivity index is 1.66. The van der Waals surface area contributed by atoms with Crippen molar-refractivity contribution in [1.29, 1.82) is 0 Å². The summed E-state index contributed by atoms with van der Waals surface area (Å²) in [5, 5.41) is 13.1. The summed E-state index contributed by atoms with van der Waals surface area (Å²) in [4.78, 5) is 2.00. The van der Waals surface area contributed by atoms with E-state index in [1.54, 1.807) is 0 Å². The van der Waals surface area contributed by atoms with Crippen LogP contribution < -0.4 is 5.32 Å². The molecule has 4 heteroatoms. The van der Waals surface area contributed by atoms with Crippen molar-refractivity contribution in [3.05, 3.63) is 0 Å². The standard InChI is InChI=1S/C11H22N2O2/c1-13(2)7-8(14)6-12-10-5-9-3-4-11(10)15-9/h8-12,14H,3-7H2,1-2H3. The molecular formula is C11H22N2O2. The van der Waals surface area contributed by atoms with Crippen molar-refractivity contribution < 1.29 is 9.84 Å². The molecule has 0 aromatic heterocycles. The van der Waals surface area contributed by atoms with Gasteiger partial charge in [0.2, 0.25) is 0 Å². The molecule has 0 aromatic carbocycles. The second-order valence-corrected chi connectivity index (χ2v) is 5.04. The van der Waals surface area contributed by atoms with Gasteiger partial charge in [0.05, 0.1) is 18.3 Å². The molecule has 2 saturated heterocycles. The summed E-state index contributed by atoms with van der Waals surface area (Å²) in [6.45, 7) is 1.39. The van der Waals surface area contributed by atoms with Crippen molar-refractivity contribution in [2.24, 2.45) is 0 Å². The topological polar surface area (TPSA) is 44.7 Å². The Hall–Kier alpha value is -0.160. The number of ether oxygens (including phenoxy) is 1. The first kappa shape index (κ1) is 11.3. The van der Waals surface area contributed by atoms with E-state index in [1.165, 1.54) is 12.8 Å². The fraction of sp³-hybridized carbons (Fsp3) is 1.00. The Morgan fingerprint density at radius 3 is 2.80 bits per heavy atom. The highest BCUT2D eigenvalue weighted by atomic mass is 16.5. The maximum absolute atomic E-state index is 9.71. The molecule has 2 rings (SSSR count). The zero-order valence-corrected chi connectivity index (χ0v) is 9.65. The molecule has 15 heavy (non-hydrogen) atoms. The summed E-state index contributed by atoms with van der Waals surface area (Å²) in [7, 11) is 3.95. The van der Waals surface area contributed by atoms with Crippen LogP contribution in [0.15, 0.2) is 0 Å². The molecule has 0 saturated carbocycles. The average Bonchev–Trinajstić information content (AvgIpc) is 2.74. The lowest BCUT2D eigenvalue weighted by Gasteiger charge is -2.23. The molecule has 2 aliphatic heterocycles. The van der Waals surface area contributed by atoms with Gasteiger partial charge in [-0.1, -0.05) is 0 Å². The lowest BCUT2D eigenvalue weighted by atomic mass is 9.95. The van der Waals surface area contributed by atoms with Gasteiger partial charge in [0.25, 0.3) is 0 Å². The molecule has 4 nitrogen and oxygen atoms in total. The van der Waals surface area contributed by atoms with E-state index in [-0.39, 0.29) is 6.10 Å². The largest absolute Gasteiger partial charge is 0.390 e. The van der Waals surface area contributed by atoms with Crippen LogP contribution in [0.2, 0.25) is 0 Å². The molecule has 0 aromatic rings. The van der Waals surface area contributed by atoms with Gasteiger partial charge in [-0.15, -0.1) is 0 Å². The summed E-state index contributed by atoms with van der Waals surface area (Å²) >= 11 is 0. The number of fused-ring (bicyclic) bond motifs is 2. The van der Waals surface area contributed by atoms with Gasteiger partial charge in [-0.25, -0.2) is 0 Å². The number of likely N-dealkylation sites (N-methyl/N-ethyl adjacent to an activating group) is 1. The van der Waals surface area contributed by atoms with Crippen LogP contribution in [0.25, 0.3) is 0 Å². The zero-order valence-electron chi connectivity index (χ0n) is 9.65. The minimum Gasteiger partial charge on any atom is -0.390 e. The number of rotatable bonds is 5. The summed E-state index contributed by atoms with van der Waals surface area (Å²) in [6, 6.07) is 0.473. The molecule has 2 bridgehead atoms. The Morgan fingerprint density at radius 2 is 2.27 bits per heavy atom. The summed E-state index contributed by atoms with van der Waals surface area (Å²) in [5.74, 6) is 0. The highest BCUT2D eigenvalue weighted by Gasteiger charge is 2.40. The van der Waals surface area contributed by atoms with Crippen LogP contribution in [0, 0.1) is 0 Å². The van der Waals surface area contributed by atoms with Crippen LogP contribution in [0.1, 0.15) is 19.3 Å². The van der Waals surface area contributed by atoms with Gasteiger partial charge < -0.3 is 20.1 Å². The van der Waals surface area contributed by atoms with Crippen molar-refractivity contribution in [2.45, 2.75) is 43.6 Å². The normalized spacial score (nSPS) is 36.4. The molecule has 88 valence electrons. The molecule has 0 radical (unpaired) electrons. The third-order valence-electron chi connectivity index (χ3n) is 3.30. The van der Waals surface area contributed by atoms with E-state index >= 15 is 0 Å². The van der Waals surface area contributed by atoms with Crippen LogP contribution in [0.5, 0.6) is 0 Å². The van der Waals surface area contributed by atoms with Crippen LogP contribution in [-0.2, 0) is 4.74 Å². The third kappa shape index (κ3) is 2.91. The molecule has 2 fully saturated rings. The van der Waals surface area contributed by atoms with Gasteiger partial charge in [-0.3, -0.25) is 0 Å². The number of hydrogen-bond acceptors (Lipinski definition) is 4. The highest BCUT2D eigenvalue weighted by molar-refractivity contribution is 4.94. The van der Waals surface area contributed by atoms with Gasteiger partial charge in [-0.2, -0.15) is 0 Å². The van der Waals surface area contributed by atoms with E-state index < -0.39 is 0 Å². The third-order valence-corrected chi connectivity index (χ3v) is 3.30. The van der Waals surface area contributed by atoms with Crippen LogP contribution in [0.4, 0.5) is 0 Å². The monoisotopic (exact) mass is 214 g/mol. The smallest absolute Gasteiger partial charge is 0.0791 e.